The molecule has 0 aromatic heterocycles. The molecule has 0 aliphatic rings. The van der Waals surface area contributed by atoms with Crippen molar-refractivity contribution in [2.45, 2.75) is 6.42 Å². The molecule has 0 aliphatic carbocycles. The van der Waals surface area contributed by atoms with Crippen LogP contribution in [0.4, 0.5) is 4.20 Å². The summed E-state index contributed by atoms with van der Waals surface area (Å²) in [4.78, 5) is 0. The predicted molar refractivity (Wildman–Crippen MR) is 116 cm³/mol. The van der Waals surface area contributed by atoms with E-state index in [0.717, 1.165) is 27.9 Å². The van der Waals surface area contributed by atoms with Gasteiger partial charge in [-0.25, -0.2) is 0 Å². The van der Waals surface area contributed by atoms with Crippen molar-refractivity contribution in [1.29, 1.82) is 0 Å². The van der Waals surface area contributed by atoms with Gasteiger partial charge in [-0.1, -0.05) is 84.9 Å². The number of halogens is 1. The fourth-order valence-corrected chi connectivity index (χ4v) is 6.33. The van der Waals surface area contributed by atoms with Gasteiger partial charge in [0.25, 0.3) is 7.57 Å². The highest BCUT2D eigenvalue weighted by Crippen LogP contribution is 2.57. The molecular formula is C25H21FP+. The van der Waals surface area contributed by atoms with Crippen LogP contribution in [-0.2, 0) is 6.42 Å². The number of benzene rings is 4. The Kier molecular flexibility index (Phi) is 5.14. The van der Waals surface area contributed by atoms with Crippen molar-refractivity contribution in [2.24, 2.45) is 0 Å². The van der Waals surface area contributed by atoms with E-state index in [9.17, 15) is 0 Å². The third-order valence-corrected chi connectivity index (χ3v) is 7.90. The maximum atomic E-state index is 17.1. The second kappa shape index (κ2) is 7.86. The highest BCUT2D eigenvalue weighted by atomic mass is 31.2. The molecule has 4 rings (SSSR count). The van der Waals surface area contributed by atoms with Crippen LogP contribution in [0.1, 0.15) is 11.1 Å². The van der Waals surface area contributed by atoms with Gasteiger partial charge in [-0.05, 0) is 40.1 Å². The Morgan fingerprint density at radius 3 is 1.52 bits per heavy atom. The van der Waals surface area contributed by atoms with E-state index in [-0.39, 0.29) is 0 Å². The van der Waals surface area contributed by atoms with E-state index in [1.54, 1.807) is 0 Å². The lowest BCUT2D eigenvalue weighted by molar-refractivity contribution is 0.900. The molecule has 0 fully saturated rings. The van der Waals surface area contributed by atoms with E-state index >= 15 is 4.20 Å². The molecule has 4 aromatic rings. The highest BCUT2D eigenvalue weighted by Gasteiger charge is 2.49. The normalized spacial score (nSPS) is 11.3. The molecule has 0 N–H and O–H groups in total. The summed E-state index contributed by atoms with van der Waals surface area (Å²) in [5.74, 6) is 0. The Morgan fingerprint density at radius 2 is 0.963 bits per heavy atom. The van der Waals surface area contributed by atoms with Crippen LogP contribution in [0.5, 0.6) is 0 Å². The predicted octanol–water partition coefficient (Wildman–Crippen LogP) is 5.46. The Hall–Kier alpha value is -2.76. The summed E-state index contributed by atoms with van der Waals surface area (Å²) < 4.78 is 17.1. The zero-order chi connectivity index (χ0) is 18.5. The molecule has 0 heterocycles. The van der Waals surface area contributed by atoms with Crippen molar-refractivity contribution in [1.82, 2.24) is 0 Å². The van der Waals surface area contributed by atoms with Gasteiger partial charge in [-0.2, -0.15) is 0 Å². The van der Waals surface area contributed by atoms with Crippen molar-refractivity contribution < 1.29 is 4.20 Å². The molecule has 0 unspecified atom stereocenters. The molecule has 0 aliphatic heterocycles. The Morgan fingerprint density at radius 1 is 0.519 bits per heavy atom. The first-order valence-corrected chi connectivity index (χ1v) is 10.8. The first kappa shape index (κ1) is 17.6. The summed E-state index contributed by atoms with van der Waals surface area (Å²) in [6.07, 6.45) is 0.725. The Balaban J connectivity index is 1.90. The van der Waals surface area contributed by atoms with Gasteiger partial charge in [-0.3, -0.25) is 0 Å². The zero-order valence-corrected chi connectivity index (χ0v) is 15.9. The fourth-order valence-electron chi connectivity index (χ4n) is 3.47. The molecule has 2 heteroatoms. The lowest BCUT2D eigenvalue weighted by Gasteiger charge is -2.19. The monoisotopic (exact) mass is 371 g/mol. The lowest BCUT2D eigenvalue weighted by atomic mass is 10.1. The summed E-state index contributed by atoms with van der Waals surface area (Å²) in [6, 6.07) is 37.5. The Bertz CT molecular complexity index is 958. The number of rotatable bonds is 5. The summed E-state index contributed by atoms with van der Waals surface area (Å²) in [5, 5.41) is 2.33. The van der Waals surface area contributed by atoms with Crippen LogP contribution in [-0.4, -0.2) is 0 Å². The molecule has 0 radical (unpaired) electrons. The molecule has 4 aromatic carbocycles. The highest BCUT2D eigenvalue weighted by molar-refractivity contribution is 7.91. The topological polar surface area (TPSA) is 0 Å². The molecule has 0 saturated carbocycles. The van der Waals surface area contributed by atoms with Crippen LogP contribution in [0.2, 0.25) is 0 Å². The van der Waals surface area contributed by atoms with Crippen molar-refractivity contribution in [3.05, 3.63) is 126 Å². The maximum Gasteiger partial charge on any atom is 0.299 e. The van der Waals surface area contributed by atoms with Crippen LogP contribution in [0.15, 0.2) is 115 Å². The van der Waals surface area contributed by atoms with Gasteiger partial charge in [0, 0.05) is 12.0 Å². The standard InChI is InChI=1S/C25H21FP/c26-27(23-15-6-2-7-16-23,24-17-8-3-9-18-24)25-19-11-10-14-22(25)20-21-12-4-1-5-13-21/h1-19H,20H2/q+1. The summed E-state index contributed by atoms with van der Waals surface area (Å²) in [7, 11) is -3.20. The second-order valence-corrected chi connectivity index (χ2v) is 9.24. The first-order chi connectivity index (χ1) is 13.3. The zero-order valence-electron chi connectivity index (χ0n) is 15.0. The molecule has 0 spiro atoms. The van der Waals surface area contributed by atoms with Gasteiger partial charge < -0.3 is 0 Å². The van der Waals surface area contributed by atoms with Crippen LogP contribution >= 0.6 is 7.57 Å². The fraction of sp³-hybridized carbons (Fsp3) is 0.0400. The van der Waals surface area contributed by atoms with Crippen molar-refractivity contribution in [3.63, 3.8) is 0 Å². The molecule has 0 nitrogen and oxygen atoms in total. The van der Waals surface area contributed by atoms with Gasteiger partial charge in [-0.15, -0.1) is 0 Å². The van der Waals surface area contributed by atoms with E-state index in [1.165, 1.54) is 5.56 Å². The van der Waals surface area contributed by atoms with Crippen LogP contribution in [0.25, 0.3) is 0 Å². The molecule has 0 amide bonds. The SMILES string of the molecule is F[P+](c1ccccc1)(c1ccccc1)c1ccccc1Cc1ccccc1. The molecule has 27 heavy (non-hydrogen) atoms. The minimum Gasteiger partial charge on any atom is -0.0622 e. The van der Waals surface area contributed by atoms with Gasteiger partial charge in [0.1, 0.15) is 15.9 Å². The van der Waals surface area contributed by atoms with Gasteiger partial charge in [0.15, 0.2) is 0 Å². The summed E-state index contributed by atoms with van der Waals surface area (Å²) in [5.41, 5.74) is 2.24. The summed E-state index contributed by atoms with van der Waals surface area (Å²) >= 11 is 0. The smallest absolute Gasteiger partial charge is 0.0622 e. The van der Waals surface area contributed by atoms with E-state index in [2.05, 4.69) is 18.2 Å². The minimum absolute atomic E-state index is 0.725. The third-order valence-electron chi connectivity index (χ3n) is 4.78. The molecular weight excluding hydrogens is 350 g/mol. The van der Waals surface area contributed by atoms with E-state index in [1.807, 2.05) is 97.1 Å². The van der Waals surface area contributed by atoms with Crippen LogP contribution < -0.4 is 15.9 Å². The largest absolute Gasteiger partial charge is 0.299 e. The molecule has 132 valence electrons. The molecule has 0 bridgehead atoms. The third kappa shape index (κ3) is 3.56. The van der Waals surface area contributed by atoms with Gasteiger partial charge in [0.2, 0.25) is 0 Å². The van der Waals surface area contributed by atoms with Gasteiger partial charge in [0.05, 0.1) is 0 Å². The van der Waals surface area contributed by atoms with E-state index in [4.69, 9.17) is 0 Å². The van der Waals surface area contributed by atoms with Crippen molar-refractivity contribution in [2.75, 3.05) is 0 Å². The van der Waals surface area contributed by atoms with Crippen molar-refractivity contribution in [3.8, 4) is 0 Å². The number of hydrogen-bond donors (Lipinski definition) is 0. The molecule has 0 atom stereocenters. The second-order valence-electron chi connectivity index (χ2n) is 6.55. The Labute approximate surface area is 160 Å². The van der Waals surface area contributed by atoms with Gasteiger partial charge >= 0.3 is 0 Å². The average molecular weight is 371 g/mol. The van der Waals surface area contributed by atoms with E-state index in [0.29, 0.717) is 0 Å². The van der Waals surface area contributed by atoms with Crippen LogP contribution in [0.3, 0.4) is 0 Å². The van der Waals surface area contributed by atoms with Crippen LogP contribution in [0, 0.1) is 0 Å². The van der Waals surface area contributed by atoms with E-state index < -0.39 is 7.57 Å². The average Bonchev–Trinajstić information content (AvgIpc) is 2.75. The minimum atomic E-state index is -3.20. The number of hydrogen-bond acceptors (Lipinski definition) is 0. The summed E-state index contributed by atoms with van der Waals surface area (Å²) in [6.45, 7) is 0. The first-order valence-electron chi connectivity index (χ1n) is 9.11. The molecule has 0 saturated heterocycles. The van der Waals surface area contributed by atoms with Crippen molar-refractivity contribution >= 4 is 23.5 Å². The maximum absolute atomic E-state index is 17.1. The lowest BCUT2D eigenvalue weighted by Crippen LogP contribution is -2.30. The quantitative estimate of drug-likeness (QED) is 0.409.